The van der Waals surface area contributed by atoms with E-state index in [1.807, 2.05) is 72.8 Å². The number of aromatic hydroxyl groups is 1. The van der Waals surface area contributed by atoms with Crippen molar-refractivity contribution in [2.24, 2.45) is 0 Å². The molecule has 0 bridgehead atoms. The van der Waals surface area contributed by atoms with Gasteiger partial charge in [-0.15, -0.1) is 6.58 Å². The van der Waals surface area contributed by atoms with E-state index in [1.165, 1.54) is 0 Å². The molecule has 2 saturated heterocycles. The van der Waals surface area contributed by atoms with Gasteiger partial charge in [-0.1, -0.05) is 54.6 Å². The standard InChI is InChI=1S/C38H39N5O5/c1-3-22-41-26-37(46)42-34(23-28-12-17-31(44)18-13-28)38(47)40(25-35(42)43(41)36(45)21-14-27-8-5-4-6-9-27)24-30-10-7-11-33(39-30)29-15-19-32(48-2)20-16-29/h3-13,15-20,34-35,44H,1,14,21-26H2,2H3/t34-,35?/m0/s1. The van der Waals surface area contributed by atoms with Crippen LogP contribution in [0.15, 0.2) is 110 Å². The van der Waals surface area contributed by atoms with Crippen LogP contribution in [0, 0.1) is 0 Å². The van der Waals surface area contributed by atoms with Crippen LogP contribution in [0.1, 0.15) is 23.2 Å². The molecule has 0 aliphatic carbocycles. The van der Waals surface area contributed by atoms with Gasteiger partial charge < -0.3 is 19.6 Å². The summed E-state index contributed by atoms with van der Waals surface area (Å²) in [5.41, 5.74) is 4.17. The molecular formula is C38H39N5O5. The highest BCUT2D eigenvalue weighted by molar-refractivity contribution is 5.92. The number of methoxy groups -OCH3 is 1. The molecule has 2 aliphatic rings. The number of benzene rings is 3. The summed E-state index contributed by atoms with van der Waals surface area (Å²) >= 11 is 0. The fourth-order valence-corrected chi connectivity index (χ4v) is 6.46. The minimum atomic E-state index is -0.860. The molecule has 0 saturated carbocycles. The Hall–Kier alpha value is -5.48. The molecule has 3 heterocycles. The molecule has 2 fully saturated rings. The lowest BCUT2D eigenvalue weighted by Gasteiger charge is -2.55. The number of rotatable bonds is 11. The molecule has 10 nitrogen and oxygen atoms in total. The first-order valence-corrected chi connectivity index (χ1v) is 16.0. The van der Waals surface area contributed by atoms with E-state index in [1.54, 1.807) is 57.3 Å². The zero-order valence-electron chi connectivity index (χ0n) is 26.9. The Morgan fingerprint density at radius 1 is 0.958 bits per heavy atom. The minimum Gasteiger partial charge on any atom is -0.508 e. The van der Waals surface area contributed by atoms with Crippen LogP contribution in [0.25, 0.3) is 11.3 Å². The third-order valence-electron chi connectivity index (χ3n) is 8.81. The van der Waals surface area contributed by atoms with Crippen LogP contribution in [0.3, 0.4) is 0 Å². The van der Waals surface area contributed by atoms with Gasteiger partial charge in [0.05, 0.1) is 38.1 Å². The monoisotopic (exact) mass is 645 g/mol. The van der Waals surface area contributed by atoms with Crippen LogP contribution in [0.4, 0.5) is 0 Å². The summed E-state index contributed by atoms with van der Waals surface area (Å²) in [4.78, 5) is 50.4. The minimum absolute atomic E-state index is 0.0512. The smallest absolute Gasteiger partial charge is 0.246 e. The Bertz CT molecular complexity index is 1760. The first-order chi connectivity index (χ1) is 23.3. The zero-order valence-corrected chi connectivity index (χ0v) is 26.9. The molecule has 1 unspecified atom stereocenters. The molecule has 48 heavy (non-hydrogen) atoms. The van der Waals surface area contributed by atoms with Crippen molar-refractivity contribution in [1.82, 2.24) is 24.8 Å². The van der Waals surface area contributed by atoms with Crippen molar-refractivity contribution in [1.29, 1.82) is 0 Å². The van der Waals surface area contributed by atoms with Gasteiger partial charge in [-0.25, -0.2) is 10.0 Å². The Balaban J connectivity index is 1.33. The Morgan fingerprint density at radius 2 is 1.71 bits per heavy atom. The second kappa shape index (κ2) is 14.5. The summed E-state index contributed by atoms with van der Waals surface area (Å²) < 4.78 is 5.29. The molecule has 6 rings (SSSR count). The molecule has 10 heteroatoms. The van der Waals surface area contributed by atoms with Gasteiger partial charge in [-0.2, -0.15) is 0 Å². The maximum absolute atomic E-state index is 14.3. The number of carbonyl (C=O) groups is 3. The summed E-state index contributed by atoms with van der Waals surface area (Å²) in [6, 6.07) is 28.9. The molecule has 1 N–H and O–H groups in total. The van der Waals surface area contributed by atoms with Crippen molar-refractivity contribution in [2.75, 3.05) is 26.7 Å². The number of ether oxygens (including phenoxy) is 1. The van der Waals surface area contributed by atoms with E-state index in [4.69, 9.17) is 9.72 Å². The first kappa shape index (κ1) is 32.5. The van der Waals surface area contributed by atoms with Crippen molar-refractivity contribution in [2.45, 2.75) is 38.0 Å². The number of nitrogens with zero attached hydrogens (tertiary/aromatic N) is 5. The largest absolute Gasteiger partial charge is 0.508 e. The van der Waals surface area contributed by atoms with Gasteiger partial charge >= 0.3 is 0 Å². The maximum Gasteiger partial charge on any atom is 0.246 e. The fourth-order valence-electron chi connectivity index (χ4n) is 6.46. The molecule has 4 aromatic rings. The van der Waals surface area contributed by atoms with Crippen LogP contribution in [-0.4, -0.2) is 86.6 Å². The molecular weight excluding hydrogens is 606 g/mol. The first-order valence-electron chi connectivity index (χ1n) is 16.0. The number of hydrogen-bond donors (Lipinski definition) is 1. The topological polar surface area (TPSA) is 107 Å². The lowest BCUT2D eigenvalue weighted by atomic mass is 9.98. The molecule has 246 valence electrons. The third kappa shape index (κ3) is 7.08. The number of aryl methyl sites for hydroxylation is 1. The van der Waals surface area contributed by atoms with Crippen molar-refractivity contribution >= 4 is 17.7 Å². The average molecular weight is 646 g/mol. The van der Waals surface area contributed by atoms with E-state index in [-0.39, 0.29) is 55.9 Å². The third-order valence-corrected chi connectivity index (χ3v) is 8.81. The predicted molar refractivity (Wildman–Crippen MR) is 181 cm³/mol. The van der Waals surface area contributed by atoms with Crippen LogP contribution >= 0.6 is 0 Å². The van der Waals surface area contributed by atoms with Crippen molar-refractivity contribution in [3.63, 3.8) is 0 Å². The van der Waals surface area contributed by atoms with Gasteiger partial charge in [-0.3, -0.25) is 19.4 Å². The summed E-state index contributed by atoms with van der Waals surface area (Å²) in [6.07, 6.45) is 1.96. The van der Waals surface area contributed by atoms with Crippen LogP contribution in [0.5, 0.6) is 11.5 Å². The van der Waals surface area contributed by atoms with Gasteiger partial charge in [0.25, 0.3) is 0 Å². The summed E-state index contributed by atoms with van der Waals surface area (Å²) in [5, 5.41) is 13.3. The molecule has 2 atom stereocenters. The summed E-state index contributed by atoms with van der Waals surface area (Å²) in [7, 11) is 1.62. The number of fused-ring (bicyclic) bond motifs is 1. The Labute approximate surface area is 280 Å². The quantitative estimate of drug-likeness (QED) is 0.240. The van der Waals surface area contributed by atoms with Crippen molar-refractivity contribution in [3.8, 4) is 22.8 Å². The van der Waals surface area contributed by atoms with Crippen LogP contribution in [-0.2, 0) is 33.8 Å². The number of amides is 3. The molecule has 3 amide bonds. The van der Waals surface area contributed by atoms with Crippen molar-refractivity contribution in [3.05, 3.63) is 127 Å². The number of phenols is 1. The fraction of sp³-hybridized carbons (Fsp3) is 0.263. The Kier molecular flexibility index (Phi) is 9.82. The van der Waals surface area contributed by atoms with Gasteiger partial charge in [0, 0.05) is 24.9 Å². The molecule has 1 aromatic heterocycles. The SMILES string of the molecule is C=CCN1CC(=O)N2C(CN(Cc3cccc(-c4ccc(OC)cc4)n3)C(=O)[C@@H]2Cc2ccc(O)cc2)N1C(=O)CCc1ccccc1. The highest BCUT2D eigenvalue weighted by Crippen LogP contribution is 2.30. The summed E-state index contributed by atoms with van der Waals surface area (Å²) in [6.45, 7) is 4.44. The molecule has 0 spiro atoms. The highest BCUT2D eigenvalue weighted by atomic mass is 16.5. The number of phenolic OH excluding ortho intramolecular Hbond substituents is 1. The predicted octanol–water partition coefficient (Wildman–Crippen LogP) is 4.45. The second-order valence-electron chi connectivity index (χ2n) is 12.0. The van der Waals surface area contributed by atoms with E-state index in [0.717, 1.165) is 28.1 Å². The Morgan fingerprint density at radius 3 is 2.42 bits per heavy atom. The number of pyridine rings is 1. The van der Waals surface area contributed by atoms with Gasteiger partial charge in [0.1, 0.15) is 23.7 Å². The highest BCUT2D eigenvalue weighted by Gasteiger charge is 2.51. The number of aromatic nitrogens is 1. The molecule has 0 radical (unpaired) electrons. The zero-order chi connectivity index (χ0) is 33.6. The van der Waals surface area contributed by atoms with E-state index in [2.05, 4.69) is 6.58 Å². The van der Waals surface area contributed by atoms with E-state index >= 15 is 0 Å². The van der Waals surface area contributed by atoms with Gasteiger partial charge in [0.2, 0.25) is 17.7 Å². The lowest BCUT2D eigenvalue weighted by Crippen LogP contribution is -2.75. The van der Waals surface area contributed by atoms with Gasteiger partial charge in [-0.05, 0) is 66.1 Å². The van der Waals surface area contributed by atoms with Crippen molar-refractivity contribution < 1.29 is 24.2 Å². The number of hydrogen-bond acceptors (Lipinski definition) is 7. The molecule has 3 aromatic carbocycles. The number of piperazine rings is 1. The average Bonchev–Trinajstić information content (AvgIpc) is 3.10. The van der Waals surface area contributed by atoms with E-state index < -0.39 is 12.2 Å². The lowest BCUT2D eigenvalue weighted by molar-refractivity contribution is -0.205. The number of carbonyl (C=O) groups excluding carboxylic acids is 3. The van der Waals surface area contributed by atoms with Crippen LogP contribution < -0.4 is 4.74 Å². The summed E-state index contributed by atoms with van der Waals surface area (Å²) in [5.74, 6) is 0.262. The van der Waals surface area contributed by atoms with E-state index in [9.17, 15) is 19.5 Å². The maximum atomic E-state index is 14.3. The molecule has 2 aliphatic heterocycles. The normalized spacial score (nSPS) is 18.1. The van der Waals surface area contributed by atoms with Gasteiger partial charge in [0.15, 0.2) is 0 Å². The van der Waals surface area contributed by atoms with E-state index in [0.29, 0.717) is 18.7 Å². The number of hydrazine groups is 1. The van der Waals surface area contributed by atoms with Crippen LogP contribution in [0.2, 0.25) is 0 Å². The second-order valence-corrected chi connectivity index (χ2v) is 12.0.